The zero-order valence-corrected chi connectivity index (χ0v) is 75.6. The molecule has 20 atom stereocenters. The van der Waals surface area contributed by atoms with E-state index in [2.05, 4.69) is 160 Å². The first-order chi connectivity index (χ1) is 54.2. The van der Waals surface area contributed by atoms with E-state index in [4.69, 9.17) is 35.9 Å². The fourth-order valence-electron chi connectivity index (χ4n) is 13.5. The maximum Gasteiger partial charge on any atom is 0.329 e. The molecule has 0 spiro atoms. The van der Waals surface area contributed by atoms with Gasteiger partial charge in [0, 0.05) is 78.9 Å². The summed E-state index contributed by atoms with van der Waals surface area (Å²) in [5.74, 6) is 0. The monoisotopic (exact) mass is 1760 g/mol. The van der Waals surface area contributed by atoms with Crippen LogP contribution in [0.2, 0.25) is 0 Å². The van der Waals surface area contributed by atoms with Gasteiger partial charge in [0.25, 0.3) is 11.1 Å². The molecule has 5 unspecified atom stereocenters. The Kier molecular flexibility index (Phi) is 37.2. The van der Waals surface area contributed by atoms with Crippen LogP contribution in [0.3, 0.4) is 0 Å². The standard InChI is InChI=1S/2C17H30N3O5P.C15H25N2O4P.C15H25N2O3PS.C14H23N2O4P/c2*1-5-7-18-10-20-9-11(16(23)19-17(20)24)15-14(22)13(21)12(25-15)6-8-26(2,3)4;1-9-10(8-17(2)15(20)16-9)14-13(19)12(18)11(21-14)6-7-22(3,4)5;1-9-10(8-17(2)15(22)16-9)14-13(19)12(18)11(20-14)6-7-21(3,4)5;1-8-9(7-15-14(19)16-8)13-12(18)11(17)10(20-13)5-6-21(2,3)4/h2*9,12-15,18,21-22H,2,5-8,10H2,1,3-4H3,(H,19,23,24);8,11-14,18-19H,1,3,6-7H2,2,4-5H3,(H,16,20);8,11-14,18-19H,1,3,6-7H2,2,4-5H3,(H,16,22);7,10-13,17-18H,1-2,5-6H2,3-4H3,(H2,15,16,19)/t2*12?,13-,14-,15+;2*11?,12-,13-,14+;10?,11-,12-,13+/m11111/s1. The number of ether oxygens (including phenoxy) is 5. The minimum atomic E-state index is -1.29. The van der Waals surface area contributed by atoms with E-state index in [1.54, 1.807) is 24.3 Å². The first-order valence-electron chi connectivity index (χ1n) is 39.1. The van der Waals surface area contributed by atoms with Crippen LogP contribution in [0.5, 0.6) is 0 Å². The van der Waals surface area contributed by atoms with Crippen molar-refractivity contribution in [2.24, 2.45) is 0 Å². The third-order valence-electron chi connectivity index (χ3n) is 20.4. The summed E-state index contributed by atoms with van der Waals surface area (Å²) in [6.45, 7) is 32.4. The van der Waals surface area contributed by atoms with Gasteiger partial charge in [0.2, 0.25) is 0 Å². The van der Waals surface area contributed by atoms with E-state index < -0.39 is 173 Å². The zero-order valence-electron chi connectivity index (χ0n) is 70.3. The van der Waals surface area contributed by atoms with Gasteiger partial charge >= 0.3 is 23.4 Å². The molecule has 8 aliphatic rings. The summed E-state index contributed by atoms with van der Waals surface area (Å²) < 4.78 is 31.8. The Morgan fingerprint density at radius 1 is 0.419 bits per heavy atom. The molecule has 10 heterocycles. The summed E-state index contributed by atoms with van der Waals surface area (Å²) in [6.07, 6.45) is 20.8. The molecule has 39 heteroatoms. The number of amides is 4. The summed E-state index contributed by atoms with van der Waals surface area (Å²) in [6, 6.07) is -0.668. The quantitative estimate of drug-likeness (QED) is 0.0323. The Balaban J connectivity index is 0.000000228. The molecule has 5 saturated heterocycles. The number of thiocarbonyl (C=S) groups is 1. The summed E-state index contributed by atoms with van der Waals surface area (Å²) in [5, 5.41) is 120. The van der Waals surface area contributed by atoms with E-state index in [-0.39, 0.29) is 42.6 Å². The van der Waals surface area contributed by atoms with Crippen LogP contribution in [0, 0.1) is 0 Å². The van der Waals surface area contributed by atoms with E-state index in [0.29, 0.717) is 71.0 Å². The Hall–Kier alpha value is -5.15. The highest BCUT2D eigenvalue weighted by Gasteiger charge is 2.50. The predicted octanol–water partition coefficient (Wildman–Crippen LogP) is 1.21. The maximum atomic E-state index is 12.2. The van der Waals surface area contributed by atoms with Gasteiger partial charge in [-0.05, 0) is 168 Å². The number of aromatic nitrogens is 4. The number of hydrogen-bond donors (Lipinski definition) is 18. The normalized spacial score (nSPS) is 30.1. The largest absolute Gasteiger partial charge is 0.388 e. The molecule has 0 aliphatic carbocycles. The zero-order chi connectivity index (χ0) is 88.1. The van der Waals surface area contributed by atoms with Crippen molar-refractivity contribution in [1.29, 1.82) is 0 Å². The number of urea groups is 2. The first-order valence-corrected chi connectivity index (χ1v) is 54.7. The van der Waals surface area contributed by atoms with Gasteiger partial charge in [0.05, 0.1) is 55.0 Å². The molecule has 662 valence electrons. The van der Waals surface area contributed by atoms with E-state index in [1.807, 2.05) is 20.9 Å². The molecule has 2 aromatic rings. The smallest absolute Gasteiger partial charge is 0.329 e. The third-order valence-corrected chi connectivity index (χ3v) is 28.2. The number of nitrogens with zero attached hydrogens (tertiary/aromatic N) is 4. The lowest BCUT2D eigenvalue weighted by Crippen LogP contribution is -2.42. The Morgan fingerprint density at radius 2 is 0.701 bits per heavy atom. The van der Waals surface area contributed by atoms with Crippen molar-refractivity contribution in [3.8, 4) is 0 Å². The van der Waals surface area contributed by atoms with Gasteiger partial charge in [0.15, 0.2) is 5.11 Å². The summed E-state index contributed by atoms with van der Waals surface area (Å²) in [7, 11) is 3.42. The number of aliphatic hydroxyl groups excluding tert-OH is 10. The lowest BCUT2D eigenvalue weighted by atomic mass is 9.99. The predicted molar refractivity (Wildman–Crippen MR) is 481 cm³/mol. The first kappa shape index (κ1) is 101. The second kappa shape index (κ2) is 43.3. The van der Waals surface area contributed by atoms with Crippen molar-refractivity contribution in [3.63, 3.8) is 0 Å². The molecule has 0 saturated carbocycles. The van der Waals surface area contributed by atoms with Crippen LogP contribution in [-0.4, -0.2) is 363 Å². The highest BCUT2D eigenvalue weighted by atomic mass is 32.1. The van der Waals surface area contributed by atoms with Crippen molar-refractivity contribution in [2.45, 2.75) is 194 Å². The number of carbonyl (C=O) groups is 2. The van der Waals surface area contributed by atoms with Crippen LogP contribution in [-0.2, 0) is 37.0 Å². The van der Waals surface area contributed by atoms with Gasteiger partial charge in [-0.3, -0.25) is 39.3 Å². The van der Waals surface area contributed by atoms with Gasteiger partial charge in [-0.2, -0.15) is 0 Å². The van der Waals surface area contributed by atoms with Crippen LogP contribution >= 0.6 is 46.6 Å². The number of hydrogen-bond acceptors (Lipinski definition) is 24. The molecular formula is C78H133N12O21P5S. The van der Waals surface area contributed by atoms with Gasteiger partial charge in [0.1, 0.15) is 91.6 Å². The van der Waals surface area contributed by atoms with Crippen LogP contribution < -0.4 is 54.4 Å². The van der Waals surface area contributed by atoms with Crippen molar-refractivity contribution in [2.75, 3.05) is 125 Å². The van der Waals surface area contributed by atoms with Gasteiger partial charge in [-0.25, -0.2) is 19.2 Å². The Bertz CT molecular complexity index is 4210. The molecule has 33 nitrogen and oxygen atoms in total. The van der Waals surface area contributed by atoms with Crippen LogP contribution in [0.25, 0.3) is 0 Å². The molecule has 0 bridgehead atoms. The second-order valence-electron chi connectivity index (χ2n) is 34.4. The molecule has 117 heavy (non-hydrogen) atoms. The molecule has 5 fully saturated rings. The minimum absolute atomic E-state index is 0.139. The Labute approximate surface area is 693 Å². The van der Waals surface area contributed by atoms with E-state index in [9.17, 15) is 79.8 Å². The van der Waals surface area contributed by atoms with Crippen LogP contribution in [0.1, 0.15) is 82.1 Å². The van der Waals surface area contributed by atoms with Gasteiger partial charge in [-0.1, -0.05) is 33.6 Å². The highest BCUT2D eigenvalue weighted by molar-refractivity contribution is 7.80. The average Bonchev–Trinajstić information content (AvgIpc) is 1.51. The summed E-state index contributed by atoms with van der Waals surface area (Å²) in [5.41, 5.74) is 1.22. The molecule has 0 aromatic carbocycles. The van der Waals surface area contributed by atoms with Crippen molar-refractivity contribution in [1.82, 2.24) is 60.8 Å². The summed E-state index contributed by atoms with van der Waals surface area (Å²) in [4.78, 5) is 78.6. The Morgan fingerprint density at radius 3 is 1.01 bits per heavy atom. The fraction of sp³-hybridized carbons (Fsp3) is 0.641. The molecule has 18 N–H and O–H groups in total. The van der Waals surface area contributed by atoms with Crippen molar-refractivity contribution < 1.29 is 84.3 Å². The highest BCUT2D eigenvalue weighted by Crippen LogP contribution is 2.45. The molecule has 10 rings (SSSR count). The van der Waals surface area contributed by atoms with E-state index >= 15 is 0 Å². The average molecular weight is 1760 g/mol. The number of nitrogens with one attached hydrogen (secondary N) is 8. The van der Waals surface area contributed by atoms with E-state index in [1.165, 1.54) is 32.6 Å². The molecule has 2 aromatic heterocycles. The van der Waals surface area contributed by atoms with Gasteiger partial charge in [-0.15, -0.1) is 65.9 Å². The number of aromatic amines is 2. The van der Waals surface area contributed by atoms with E-state index in [0.717, 1.165) is 56.7 Å². The topological polar surface area (TPSA) is 471 Å². The van der Waals surface area contributed by atoms with Crippen LogP contribution in [0.15, 0.2) is 104 Å². The lowest BCUT2D eigenvalue weighted by Gasteiger charge is -2.30. The number of rotatable bonds is 28. The van der Waals surface area contributed by atoms with Crippen molar-refractivity contribution >= 4 is 95.3 Å². The third kappa shape index (κ3) is 29.3. The summed E-state index contributed by atoms with van der Waals surface area (Å²) >= 11 is 5.14. The number of carbonyl (C=O) groups excluding carboxylic acids is 2. The molecule has 8 aliphatic heterocycles. The molecule has 0 radical (unpaired) electrons. The SMILES string of the molecule is C=C1NC(=O)N(C)C=C1[C@@H]1OC(CCP(=C)(C)C)[C@@H](O)[C@H]1O.C=C1NC(=O)NC=C1[C@@H]1OC(CCP(=C)(C)C)[C@@H](O)[C@H]1O.C=C1NC(=S)N(C)C=C1[C@@H]1OC(CCP(=C)(C)C)[C@@H](O)[C@H]1O.C=P(C)(C)CCC1O[C@@H](c2cn(CNCCC)c(=O)[nH]c2=O)[C@H](O)[C@@H]1O.C=P(C)(C)CCC1O[C@@H](c2cn(CNCCC)c(=O)[nH]c2=O)[C@H](O)[C@@H]1O. The molecular weight excluding hydrogens is 1630 g/mol. The number of H-pyrrole nitrogens is 2. The molecule has 4 amide bonds. The lowest BCUT2D eigenvalue weighted by molar-refractivity contribution is 0.00491. The number of aliphatic hydroxyl groups is 10. The van der Waals surface area contributed by atoms with Crippen LogP contribution in [0.4, 0.5) is 9.59 Å². The maximum absolute atomic E-state index is 12.2. The minimum Gasteiger partial charge on any atom is -0.388 e. The van der Waals surface area contributed by atoms with Gasteiger partial charge < -0.3 is 106 Å². The fourth-order valence-corrected chi connectivity index (χ4v) is 18.5. The van der Waals surface area contributed by atoms with Crippen molar-refractivity contribution in [3.05, 3.63) is 137 Å². The second-order valence-corrected chi connectivity index (χ2v) is 56.4.